The lowest BCUT2D eigenvalue weighted by molar-refractivity contribution is -0.274. The lowest BCUT2D eigenvalue weighted by Crippen LogP contribution is -2.27. The zero-order chi connectivity index (χ0) is 21.0. The molecule has 3 rings (SSSR count). The van der Waals surface area contributed by atoms with Gasteiger partial charge in [-0.15, -0.1) is 13.2 Å². The number of halogens is 3. The highest BCUT2D eigenvalue weighted by atomic mass is 19.4. The van der Waals surface area contributed by atoms with Gasteiger partial charge < -0.3 is 20.1 Å². The van der Waals surface area contributed by atoms with Gasteiger partial charge in [-0.1, -0.05) is 12.1 Å². The predicted molar refractivity (Wildman–Crippen MR) is 98.9 cm³/mol. The van der Waals surface area contributed by atoms with Crippen LogP contribution in [0.3, 0.4) is 0 Å². The topological polar surface area (TPSA) is 76.7 Å². The predicted octanol–water partition coefficient (Wildman–Crippen LogP) is 3.67. The average molecular weight is 408 g/mol. The number of nitrogens with one attached hydrogen (secondary N) is 2. The zero-order valence-electron chi connectivity index (χ0n) is 15.5. The fraction of sp³-hybridized carbons (Fsp3) is 0.300. The SMILES string of the molecule is COc1ccc(NC(=O)Cc2ccc(OC(F)(F)F)cc2)c(C(=O)NC2CC2)c1. The van der Waals surface area contributed by atoms with E-state index in [0.717, 1.165) is 25.0 Å². The Labute approximate surface area is 165 Å². The van der Waals surface area contributed by atoms with Gasteiger partial charge in [0.1, 0.15) is 11.5 Å². The van der Waals surface area contributed by atoms with Gasteiger partial charge in [-0.2, -0.15) is 0 Å². The van der Waals surface area contributed by atoms with E-state index in [-0.39, 0.29) is 29.7 Å². The van der Waals surface area contributed by atoms with E-state index in [2.05, 4.69) is 15.4 Å². The second kappa shape index (κ2) is 8.42. The van der Waals surface area contributed by atoms with Crippen LogP contribution in [0.1, 0.15) is 28.8 Å². The molecule has 2 amide bonds. The Morgan fingerprint density at radius 1 is 1.07 bits per heavy atom. The molecule has 1 saturated carbocycles. The number of hydrogen-bond donors (Lipinski definition) is 2. The fourth-order valence-electron chi connectivity index (χ4n) is 2.63. The number of ether oxygens (including phenoxy) is 2. The van der Waals surface area contributed by atoms with Gasteiger partial charge in [0.15, 0.2) is 0 Å². The summed E-state index contributed by atoms with van der Waals surface area (Å²) < 4.78 is 45.6. The third-order valence-electron chi connectivity index (χ3n) is 4.18. The maximum Gasteiger partial charge on any atom is 0.573 e. The minimum atomic E-state index is -4.77. The second-order valence-corrected chi connectivity index (χ2v) is 6.58. The molecule has 1 aliphatic carbocycles. The molecule has 1 fully saturated rings. The summed E-state index contributed by atoms with van der Waals surface area (Å²) in [4.78, 5) is 24.8. The van der Waals surface area contributed by atoms with Crippen molar-refractivity contribution in [1.29, 1.82) is 0 Å². The van der Waals surface area contributed by atoms with Gasteiger partial charge in [-0.25, -0.2) is 0 Å². The summed E-state index contributed by atoms with van der Waals surface area (Å²) in [5.41, 5.74) is 1.10. The molecule has 0 radical (unpaired) electrons. The van der Waals surface area contributed by atoms with Gasteiger partial charge in [0.25, 0.3) is 5.91 Å². The molecule has 9 heteroatoms. The second-order valence-electron chi connectivity index (χ2n) is 6.58. The molecule has 0 unspecified atom stereocenters. The molecule has 0 heterocycles. The highest BCUT2D eigenvalue weighted by Gasteiger charge is 2.31. The lowest BCUT2D eigenvalue weighted by atomic mass is 10.1. The first-order valence-electron chi connectivity index (χ1n) is 8.87. The van der Waals surface area contributed by atoms with Crippen molar-refractivity contribution in [1.82, 2.24) is 5.32 Å². The highest BCUT2D eigenvalue weighted by Crippen LogP contribution is 2.26. The first kappa shape index (κ1) is 20.5. The van der Waals surface area contributed by atoms with Gasteiger partial charge in [0.2, 0.25) is 5.91 Å². The molecule has 0 atom stereocenters. The molecule has 1 aliphatic rings. The van der Waals surface area contributed by atoms with Gasteiger partial charge in [0.05, 0.1) is 24.8 Å². The van der Waals surface area contributed by atoms with Gasteiger partial charge in [-0.3, -0.25) is 9.59 Å². The smallest absolute Gasteiger partial charge is 0.497 e. The third kappa shape index (κ3) is 6.13. The average Bonchev–Trinajstić information content (AvgIpc) is 3.46. The molecule has 2 aromatic carbocycles. The van der Waals surface area contributed by atoms with E-state index in [1.807, 2.05) is 0 Å². The van der Waals surface area contributed by atoms with E-state index in [1.54, 1.807) is 12.1 Å². The van der Waals surface area contributed by atoms with Crippen LogP contribution < -0.4 is 20.1 Å². The minimum Gasteiger partial charge on any atom is -0.497 e. The van der Waals surface area contributed by atoms with Crippen LogP contribution in [0.5, 0.6) is 11.5 Å². The number of hydrogen-bond acceptors (Lipinski definition) is 4. The standard InChI is InChI=1S/C20H19F3N2O4/c1-28-15-8-9-17(16(11-15)19(27)24-13-4-5-13)25-18(26)10-12-2-6-14(7-3-12)29-20(21,22)23/h2-3,6-9,11,13H,4-5,10H2,1H3,(H,24,27)(H,25,26). The summed E-state index contributed by atoms with van der Waals surface area (Å²) in [6.07, 6.45) is -3.01. The normalized spacial score (nSPS) is 13.5. The van der Waals surface area contributed by atoms with Crippen molar-refractivity contribution in [3.05, 3.63) is 53.6 Å². The Kier molecular flexibility index (Phi) is 5.95. The van der Waals surface area contributed by atoms with Crippen molar-refractivity contribution in [3.8, 4) is 11.5 Å². The van der Waals surface area contributed by atoms with E-state index in [9.17, 15) is 22.8 Å². The van der Waals surface area contributed by atoms with Crippen molar-refractivity contribution in [2.24, 2.45) is 0 Å². The molecule has 0 aliphatic heterocycles. The van der Waals surface area contributed by atoms with Crippen LogP contribution in [0.25, 0.3) is 0 Å². The van der Waals surface area contributed by atoms with Crippen LogP contribution in [0.4, 0.5) is 18.9 Å². The van der Waals surface area contributed by atoms with E-state index in [4.69, 9.17) is 4.74 Å². The maximum absolute atomic E-state index is 12.5. The van der Waals surface area contributed by atoms with Crippen LogP contribution in [0.2, 0.25) is 0 Å². The van der Waals surface area contributed by atoms with Crippen LogP contribution >= 0.6 is 0 Å². The van der Waals surface area contributed by atoms with Gasteiger partial charge in [0, 0.05) is 6.04 Å². The van der Waals surface area contributed by atoms with E-state index in [0.29, 0.717) is 17.0 Å². The quantitative estimate of drug-likeness (QED) is 0.733. The monoisotopic (exact) mass is 408 g/mol. The summed E-state index contributed by atoms with van der Waals surface area (Å²) in [6, 6.07) is 9.89. The fourth-order valence-corrected chi connectivity index (χ4v) is 2.63. The molecular weight excluding hydrogens is 389 g/mol. The summed E-state index contributed by atoms with van der Waals surface area (Å²) in [5.74, 6) is -0.615. The van der Waals surface area contributed by atoms with Crippen molar-refractivity contribution in [2.75, 3.05) is 12.4 Å². The number of benzene rings is 2. The molecule has 0 spiro atoms. The first-order valence-corrected chi connectivity index (χ1v) is 8.87. The Bertz CT molecular complexity index is 894. The molecular formula is C20H19F3N2O4. The van der Waals surface area contributed by atoms with Crippen molar-refractivity contribution >= 4 is 17.5 Å². The molecule has 2 aromatic rings. The van der Waals surface area contributed by atoms with Crippen LogP contribution in [0, 0.1) is 0 Å². The van der Waals surface area contributed by atoms with Crippen LogP contribution in [-0.4, -0.2) is 31.3 Å². The third-order valence-corrected chi connectivity index (χ3v) is 4.18. The maximum atomic E-state index is 12.5. The summed E-state index contributed by atoms with van der Waals surface area (Å²) in [5, 5.41) is 5.53. The molecule has 29 heavy (non-hydrogen) atoms. The van der Waals surface area contributed by atoms with E-state index < -0.39 is 12.3 Å². The highest BCUT2D eigenvalue weighted by molar-refractivity contribution is 6.04. The summed E-state index contributed by atoms with van der Waals surface area (Å²) >= 11 is 0. The first-order chi connectivity index (χ1) is 13.7. The minimum absolute atomic E-state index is 0.0813. The molecule has 0 bridgehead atoms. The zero-order valence-corrected chi connectivity index (χ0v) is 15.5. The van der Waals surface area contributed by atoms with Crippen LogP contribution in [-0.2, 0) is 11.2 Å². The molecule has 2 N–H and O–H groups in total. The van der Waals surface area contributed by atoms with Crippen molar-refractivity contribution < 1.29 is 32.2 Å². The lowest BCUT2D eigenvalue weighted by Gasteiger charge is -2.13. The van der Waals surface area contributed by atoms with E-state index in [1.165, 1.54) is 25.3 Å². The Balaban J connectivity index is 1.67. The number of anilines is 1. The molecule has 0 aromatic heterocycles. The summed E-state index contributed by atoms with van der Waals surface area (Å²) in [7, 11) is 1.47. The van der Waals surface area contributed by atoms with Crippen LogP contribution in [0.15, 0.2) is 42.5 Å². The number of alkyl halides is 3. The van der Waals surface area contributed by atoms with Crippen molar-refractivity contribution in [2.45, 2.75) is 31.7 Å². The Hall–Kier alpha value is -3.23. The molecule has 0 saturated heterocycles. The van der Waals surface area contributed by atoms with Crippen molar-refractivity contribution in [3.63, 3.8) is 0 Å². The molecule has 154 valence electrons. The number of methoxy groups -OCH3 is 1. The van der Waals surface area contributed by atoms with E-state index >= 15 is 0 Å². The number of carbonyl (C=O) groups is 2. The van der Waals surface area contributed by atoms with Gasteiger partial charge >= 0.3 is 6.36 Å². The Morgan fingerprint density at radius 2 is 1.72 bits per heavy atom. The van der Waals surface area contributed by atoms with Gasteiger partial charge in [-0.05, 0) is 48.7 Å². The largest absolute Gasteiger partial charge is 0.573 e. The summed E-state index contributed by atoms with van der Waals surface area (Å²) in [6.45, 7) is 0. The number of carbonyl (C=O) groups excluding carboxylic acids is 2. The Morgan fingerprint density at radius 3 is 2.31 bits per heavy atom. The number of rotatable bonds is 7. The number of amides is 2. The molecule has 6 nitrogen and oxygen atoms in total.